The van der Waals surface area contributed by atoms with Gasteiger partial charge in [0.2, 0.25) is 0 Å². The summed E-state index contributed by atoms with van der Waals surface area (Å²) in [5, 5.41) is 20.6. The highest BCUT2D eigenvalue weighted by Crippen LogP contribution is 2.34. The minimum Gasteiger partial charge on any atom is -0.480 e. The lowest BCUT2D eigenvalue weighted by Gasteiger charge is -2.15. The van der Waals surface area contributed by atoms with Gasteiger partial charge in [0, 0.05) is 17.7 Å². The van der Waals surface area contributed by atoms with Crippen LogP contribution >= 0.6 is 0 Å². The van der Waals surface area contributed by atoms with E-state index in [-0.39, 0.29) is 17.7 Å². The third-order valence-corrected chi connectivity index (χ3v) is 5.01. The number of carboxylic acids is 1. The van der Waals surface area contributed by atoms with Crippen molar-refractivity contribution < 1.29 is 32.6 Å². The van der Waals surface area contributed by atoms with E-state index in [9.17, 15) is 18.0 Å². The summed E-state index contributed by atoms with van der Waals surface area (Å²) in [6.45, 7) is -0.742. The summed E-state index contributed by atoms with van der Waals surface area (Å²) in [6, 6.07) is 15.6. The maximum absolute atomic E-state index is 15.0. The van der Waals surface area contributed by atoms with Crippen LogP contribution in [0.25, 0.3) is 23.3 Å². The molecule has 8 heteroatoms. The van der Waals surface area contributed by atoms with Crippen molar-refractivity contribution in [1.82, 2.24) is 5.32 Å². The average molecular weight is 459 g/mol. The number of carbonyl (C=O) groups is 1. The Kier molecular flexibility index (Phi) is 7.63. The Hall–Kier alpha value is -3.49. The second-order valence-electron chi connectivity index (χ2n) is 7.28. The predicted octanol–water partition coefficient (Wildman–Crippen LogP) is 5.22. The molecule has 3 aromatic rings. The maximum atomic E-state index is 15.0. The molecule has 4 nitrogen and oxygen atoms in total. The van der Waals surface area contributed by atoms with Crippen LogP contribution in [0, 0.1) is 5.82 Å². The van der Waals surface area contributed by atoms with Crippen molar-refractivity contribution in [2.45, 2.75) is 18.8 Å². The SMILES string of the molecule is O=C(O)[C@@H](CO)NCc1ccc(C(F)(F)F)c(/C=C/c2cccc(-c3ccccc3)c2F)c1. The monoisotopic (exact) mass is 459 g/mol. The third-order valence-electron chi connectivity index (χ3n) is 5.01. The predicted molar refractivity (Wildman–Crippen MR) is 118 cm³/mol. The van der Waals surface area contributed by atoms with Gasteiger partial charge in [-0.15, -0.1) is 0 Å². The second kappa shape index (κ2) is 10.4. The van der Waals surface area contributed by atoms with E-state index in [1.165, 1.54) is 30.4 Å². The Morgan fingerprint density at radius 2 is 1.67 bits per heavy atom. The first kappa shape index (κ1) is 24.2. The lowest BCUT2D eigenvalue weighted by molar-refractivity contribution is -0.140. The fraction of sp³-hybridized carbons (Fsp3) is 0.160. The largest absolute Gasteiger partial charge is 0.480 e. The quantitative estimate of drug-likeness (QED) is 0.319. The van der Waals surface area contributed by atoms with E-state index in [0.29, 0.717) is 16.7 Å². The topological polar surface area (TPSA) is 69.6 Å². The molecular weight excluding hydrogens is 438 g/mol. The molecule has 0 saturated heterocycles. The molecule has 3 rings (SSSR count). The van der Waals surface area contributed by atoms with Gasteiger partial charge in [0.05, 0.1) is 12.2 Å². The van der Waals surface area contributed by atoms with Crippen molar-refractivity contribution in [2.75, 3.05) is 6.61 Å². The van der Waals surface area contributed by atoms with Crippen molar-refractivity contribution in [3.8, 4) is 11.1 Å². The minimum absolute atomic E-state index is 0.0750. The summed E-state index contributed by atoms with van der Waals surface area (Å²) >= 11 is 0. The van der Waals surface area contributed by atoms with Crippen molar-refractivity contribution in [2.24, 2.45) is 0 Å². The first-order chi connectivity index (χ1) is 15.7. The number of alkyl halides is 3. The molecule has 0 bridgehead atoms. The smallest absolute Gasteiger partial charge is 0.416 e. The molecule has 0 spiro atoms. The fourth-order valence-electron chi connectivity index (χ4n) is 3.29. The van der Waals surface area contributed by atoms with E-state index in [4.69, 9.17) is 10.2 Å². The highest BCUT2D eigenvalue weighted by Gasteiger charge is 2.32. The summed E-state index contributed by atoms with van der Waals surface area (Å²) < 4.78 is 55.6. The first-order valence-electron chi connectivity index (χ1n) is 10.00. The van der Waals surface area contributed by atoms with Crippen LogP contribution in [0.4, 0.5) is 17.6 Å². The first-order valence-corrected chi connectivity index (χ1v) is 10.00. The normalized spacial score (nSPS) is 12.8. The molecule has 3 aromatic carbocycles. The van der Waals surface area contributed by atoms with Crippen molar-refractivity contribution in [1.29, 1.82) is 0 Å². The van der Waals surface area contributed by atoms with E-state index in [1.54, 1.807) is 42.5 Å². The van der Waals surface area contributed by atoms with Crippen LogP contribution in [-0.4, -0.2) is 28.8 Å². The summed E-state index contributed by atoms with van der Waals surface area (Å²) in [7, 11) is 0. The van der Waals surface area contributed by atoms with Gasteiger partial charge in [0.25, 0.3) is 0 Å². The molecule has 0 saturated carbocycles. The van der Waals surface area contributed by atoms with Gasteiger partial charge < -0.3 is 10.2 Å². The van der Waals surface area contributed by atoms with Gasteiger partial charge >= 0.3 is 12.1 Å². The average Bonchev–Trinajstić information content (AvgIpc) is 2.78. The summed E-state index contributed by atoms with van der Waals surface area (Å²) in [5.74, 6) is -1.84. The van der Waals surface area contributed by atoms with Crippen LogP contribution in [0.2, 0.25) is 0 Å². The third kappa shape index (κ3) is 6.06. The number of hydrogen-bond donors (Lipinski definition) is 3. The molecule has 0 aliphatic carbocycles. The summed E-state index contributed by atoms with van der Waals surface area (Å²) in [4.78, 5) is 11.0. The molecule has 0 aromatic heterocycles. The molecule has 0 aliphatic rings. The number of halogens is 4. The van der Waals surface area contributed by atoms with E-state index >= 15 is 4.39 Å². The maximum Gasteiger partial charge on any atom is 0.416 e. The molecule has 0 aliphatic heterocycles. The highest BCUT2D eigenvalue weighted by atomic mass is 19.4. The lowest BCUT2D eigenvalue weighted by atomic mass is 9.99. The van der Waals surface area contributed by atoms with Gasteiger partial charge in [0.1, 0.15) is 11.9 Å². The Morgan fingerprint density at radius 1 is 0.970 bits per heavy atom. The number of rotatable bonds is 8. The number of aliphatic hydroxyl groups is 1. The molecule has 0 heterocycles. The van der Waals surface area contributed by atoms with Gasteiger partial charge in [-0.3, -0.25) is 10.1 Å². The zero-order valence-corrected chi connectivity index (χ0v) is 17.3. The molecule has 0 amide bonds. The number of carboxylic acid groups (broad SMARTS) is 1. The highest BCUT2D eigenvalue weighted by molar-refractivity contribution is 5.76. The van der Waals surface area contributed by atoms with E-state index in [1.807, 2.05) is 0 Å². The van der Waals surface area contributed by atoms with E-state index < -0.39 is 36.2 Å². The molecule has 0 fully saturated rings. The van der Waals surface area contributed by atoms with Gasteiger partial charge in [-0.25, -0.2) is 4.39 Å². The van der Waals surface area contributed by atoms with E-state index in [0.717, 1.165) is 6.07 Å². The second-order valence-corrected chi connectivity index (χ2v) is 7.28. The zero-order valence-electron chi connectivity index (χ0n) is 17.3. The number of hydrogen-bond acceptors (Lipinski definition) is 3. The van der Waals surface area contributed by atoms with Gasteiger partial charge in [0.15, 0.2) is 0 Å². The van der Waals surface area contributed by atoms with E-state index in [2.05, 4.69) is 5.32 Å². The number of nitrogens with one attached hydrogen (secondary N) is 1. The zero-order chi connectivity index (χ0) is 24.0. The van der Waals surface area contributed by atoms with Gasteiger partial charge in [-0.1, -0.05) is 66.7 Å². The van der Waals surface area contributed by atoms with Crippen LogP contribution in [0.5, 0.6) is 0 Å². The van der Waals surface area contributed by atoms with Crippen LogP contribution in [0.15, 0.2) is 66.7 Å². The Morgan fingerprint density at radius 3 is 2.30 bits per heavy atom. The molecule has 33 heavy (non-hydrogen) atoms. The van der Waals surface area contributed by atoms with Crippen LogP contribution < -0.4 is 5.32 Å². The standard InChI is InChI=1S/C25H21F4NO3/c26-23-18(7-4-8-20(23)17-5-2-1-3-6-17)10-11-19-13-16(9-12-21(19)25(27,28)29)14-30-22(15-31)24(32)33/h1-13,22,30-31H,14-15H2,(H,32,33)/b11-10+/t22-/m1/s1. The van der Waals surface area contributed by atoms with Gasteiger partial charge in [-0.2, -0.15) is 13.2 Å². The van der Waals surface area contributed by atoms with Crippen LogP contribution in [-0.2, 0) is 17.5 Å². The Bertz CT molecular complexity index is 1140. The summed E-state index contributed by atoms with van der Waals surface area (Å²) in [5.41, 5.74) is 0.378. The lowest BCUT2D eigenvalue weighted by Crippen LogP contribution is -2.39. The molecule has 172 valence electrons. The molecule has 0 unspecified atom stereocenters. The molecule has 0 radical (unpaired) electrons. The number of benzene rings is 3. The fourth-order valence-corrected chi connectivity index (χ4v) is 3.29. The Balaban J connectivity index is 1.94. The Labute approximate surface area is 187 Å². The molecule has 3 N–H and O–H groups in total. The van der Waals surface area contributed by atoms with Gasteiger partial charge in [-0.05, 0) is 28.8 Å². The number of aliphatic carboxylic acids is 1. The minimum atomic E-state index is -4.63. The summed E-state index contributed by atoms with van der Waals surface area (Å²) in [6.07, 6.45) is -2.18. The van der Waals surface area contributed by atoms with Crippen molar-refractivity contribution >= 4 is 18.1 Å². The van der Waals surface area contributed by atoms with Crippen LogP contribution in [0.1, 0.15) is 22.3 Å². The molecule has 1 atom stereocenters. The van der Waals surface area contributed by atoms with Crippen molar-refractivity contribution in [3.63, 3.8) is 0 Å². The number of aliphatic hydroxyl groups excluding tert-OH is 1. The van der Waals surface area contributed by atoms with Crippen LogP contribution in [0.3, 0.4) is 0 Å². The molecular formula is C25H21F4NO3. The van der Waals surface area contributed by atoms with Crippen molar-refractivity contribution in [3.05, 3.63) is 94.8 Å².